The molecule has 0 unspecified atom stereocenters. The average molecular weight is 458 g/mol. The van der Waals surface area contributed by atoms with Crippen LogP contribution in [0.2, 0.25) is 0 Å². The first-order chi connectivity index (χ1) is 11.0. The van der Waals surface area contributed by atoms with E-state index in [1.807, 2.05) is 36.4 Å². The molecule has 0 atom stereocenters. The number of thioether (sulfide) groups is 1. The molecular formula is C17H14Br2O3S. The van der Waals surface area contributed by atoms with E-state index in [0.717, 1.165) is 25.2 Å². The molecule has 0 aliphatic carbocycles. The quantitative estimate of drug-likeness (QED) is 0.349. The van der Waals surface area contributed by atoms with E-state index in [1.165, 1.54) is 13.4 Å². The van der Waals surface area contributed by atoms with Crippen LogP contribution in [-0.4, -0.2) is 18.2 Å². The minimum absolute atomic E-state index is 0.143. The van der Waals surface area contributed by atoms with Gasteiger partial charge in [-0.15, -0.1) is 11.8 Å². The number of carboxylic acids is 1. The summed E-state index contributed by atoms with van der Waals surface area (Å²) in [7, 11) is 1.44. The molecule has 0 radical (unpaired) electrons. The third-order valence-electron chi connectivity index (χ3n) is 3.03. The summed E-state index contributed by atoms with van der Waals surface area (Å²) in [6.07, 6.45) is 1.26. The zero-order chi connectivity index (χ0) is 16.8. The first-order valence-electron chi connectivity index (χ1n) is 6.65. The number of rotatable bonds is 6. The van der Waals surface area contributed by atoms with E-state index in [9.17, 15) is 9.90 Å². The number of halogens is 2. The van der Waals surface area contributed by atoms with Gasteiger partial charge >= 0.3 is 5.97 Å². The van der Waals surface area contributed by atoms with E-state index < -0.39 is 5.97 Å². The molecule has 0 heterocycles. The molecule has 23 heavy (non-hydrogen) atoms. The maximum Gasteiger partial charge on any atom is 0.339 e. The maximum atomic E-state index is 11.4. The lowest BCUT2D eigenvalue weighted by Gasteiger charge is -2.11. The molecule has 0 aliphatic rings. The second-order valence-electron chi connectivity index (χ2n) is 4.59. The maximum absolute atomic E-state index is 11.4. The van der Waals surface area contributed by atoms with Crippen molar-refractivity contribution in [1.82, 2.24) is 0 Å². The zero-order valence-corrected chi connectivity index (χ0v) is 16.2. The molecule has 0 saturated carbocycles. The number of carbonyl (C=O) groups is 1. The van der Waals surface area contributed by atoms with E-state index in [0.29, 0.717) is 5.56 Å². The highest BCUT2D eigenvalue weighted by atomic mass is 79.9. The fraction of sp³-hybridized carbons (Fsp3) is 0.118. The Morgan fingerprint density at radius 2 is 2.00 bits per heavy atom. The highest BCUT2D eigenvalue weighted by molar-refractivity contribution is 9.11. The second kappa shape index (κ2) is 8.57. The monoisotopic (exact) mass is 456 g/mol. The van der Waals surface area contributed by atoms with Crippen molar-refractivity contribution in [2.24, 2.45) is 0 Å². The molecule has 2 rings (SSSR count). The van der Waals surface area contributed by atoms with Crippen molar-refractivity contribution in [3.8, 4) is 0 Å². The predicted octanol–water partition coefficient (Wildman–Crippen LogP) is 5.58. The highest BCUT2D eigenvalue weighted by Gasteiger charge is 2.15. The van der Waals surface area contributed by atoms with Gasteiger partial charge in [0.1, 0.15) is 5.57 Å². The molecular weight excluding hydrogens is 444 g/mol. The summed E-state index contributed by atoms with van der Waals surface area (Å²) in [5.74, 6) is -0.291. The van der Waals surface area contributed by atoms with Gasteiger partial charge in [0, 0.05) is 25.2 Å². The molecule has 6 heteroatoms. The zero-order valence-electron chi connectivity index (χ0n) is 12.3. The Morgan fingerprint density at radius 1 is 1.26 bits per heavy atom. The molecule has 0 bridgehead atoms. The summed E-state index contributed by atoms with van der Waals surface area (Å²) >= 11 is 8.59. The predicted molar refractivity (Wildman–Crippen MR) is 100 cm³/mol. The van der Waals surface area contributed by atoms with Gasteiger partial charge < -0.3 is 9.84 Å². The first kappa shape index (κ1) is 18.1. The smallest absolute Gasteiger partial charge is 0.339 e. The molecule has 0 spiro atoms. The van der Waals surface area contributed by atoms with E-state index in [-0.39, 0.29) is 5.57 Å². The molecule has 0 saturated heterocycles. The lowest BCUT2D eigenvalue weighted by molar-refractivity contribution is -0.130. The topological polar surface area (TPSA) is 46.5 Å². The number of benzene rings is 2. The number of methoxy groups -OCH3 is 1. The molecule has 0 aromatic heterocycles. The third kappa shape index (κ3) is 4.86. The molecule has 1 N–H and O–H groups in total. The van der Waals surface area contributed by atoms with Crippen molar-refractivity contribution in [3.63, 3.8) is 0 Å². The van der Waals surface area contributed by atoms with Crippen molar-refractivity contribution in [3.05, 3.63) is 68.8 Å². The van der Waals surface area contributed by atoms with Crippen molar-refractivity contribution >= 4 is 55.2 Å². The average Bonchev–Trinajstić information content (AvgIpc) is 2.53. The van der Waals surface area contributed by atoms with Crippen molar-refractivity contribution < 1.29 is 14.6 Å². The van der Waals surface area contributed by atoms with Gasteiger partial charge in [0.25, 0.3) is 0 Å². The number of carboxylic acid groups (broad SMARTS) is 1. The van der Waals surface area contributed by atoms with E-state index in [2.05, 4.69) is 31.9 Å². The number of hydrogen-bond donors (Lipinski definition) is 1. The molecule has 2 aromatic carbocycles. The SMILES string of the molecule is CO/C=C(/C(=O)O)c1ccccc1SCc1cc(Br)ccc1Br. The Hall–Kier alpha value is -1.24. The minimum Gasteiger partial charge on any atom is -0.503 e. The van der Waals surface area contributed by atoms with Gasteiger partial charge in [0.15, 0.2) is 0 Å². The fourth-order valence-electron chi connectivity index (χ4n) is 1.97. The van der Waals surface area contributed by atoms with Crippen molar-refractivity contribution in [1.29, 1.82) is 0 Å². The van der Waals surface area contributed by atoms with Gasteiger partial charge in [-0.1, -0.05) is 50.1 Å². The van der Waals surface area contributed by atoms with Gasteiger partial charge in [-0.3, -0.25) is 0 Å². The summed E-state index contributed by atoms with van der Waals surface area (Å²) < 4.78 is 6.94. The second-order valence-corrected chi connectivity index (χ2v) is 7.38. The summed E-state index contributed by atoms with van der Waals surface area (Å²) in [5, 5.41) is 9.38. The molecule has 120 valence electrons. The fourth-order valence-corrected chi connectivity index (χ4v) is 4.01. The first-order valence-corrected chi connectivity index (χ1v) is 9.22. The number of hydrogen-bond acceptors (Lipinski definition) is 3. The van der Waals surface area contributed by atoms with Crippen LogP contribution in [0.3, 0.4) is 0 Å². The van der Waals surface area contributed by atoms with Crippen LogP contribution in [0.1, 0.15) is 11.1 Å². The summed E-state index contributed by atoms with van der Waals surface area (Å²) in [6, 6.07) is 13.4. The lowest BCUT2D eigenvalue weighted by atomic mass is 10.1. The van der Waals surface area contributed by atoms with Crippen LogP contribution >= 0.6 is 43.6 Å². The van der Waals surface area contributed by atoms with Crippen molar-refractivity contribution in [2.45, 2.75) is 10.6 Å². The van der Waals surface area contributed by atoms with Gasteiger partial charge in [0.05, 0.1) is 13.4 Å². The van der Waals surface area contributed by atoms with Gasteiger partial charge in [-0.2, -0.15) is 0 Å². The Labute approximate surface area is 156 Å². The summed E-state index contributed by atoms with van der Waals surface area (Å²) in [4.78, 5) is 12.3. The number of aliphatic carboxylic acids is 1. The normalized spacial score (nSPS) is 11.3. The van der Waals surface area contributed by atoms with Gasteiger partial charge in [-0.05, 0) is 29.8 Å². The van der Waals surface area contributed by atoms with Gasteiger partial charge in [-0.25, -0.2) is 4.79 Å². The third-order valence-corrected chi connectivity index (χ3v) is 5.42. The Bertz CT molecular complexity index is 744. The molecule has 0 fully saturated rings. The Kier molecular flexibility index (Phi) is 6.74. The van der Waals surface area contributed by atoms with Crippen LogP contribution in [0.4, 0.5) is 0 Å². The lowest BCUT2D eigenvalue weighted by Crippen LogP contribution is -2.01. The van der Waals surface area contributed by atoms with E-state index in [1.54, 1.807) is 17.8 Å². The standard InChI is InChI=1S/C17H14Br2O3S/c1-22-9-14(17(20)21)13-4-2-3-5-16(13)23-10-11-8-12(18)6-7-15(11)19/h2-9H,10H2,1H3,(H,20,21)/b14-9+. The molecule has 2 aromatic rings. The molecule has 0 aliphatic heterocycles. The van der Waals surface area contributed by atoms with E-state index in [4.69, 9.17) is 4.74 Å². The van der Waals surface area contributed by atoms with Crippen LogP contribution in [0.25, 0.3) is 5.57 Å². The number of ether oxygens (including phenoxy) is 1. The van der Waals surface area contributed by atoms with E-state index >= 15 is 0 Å². The Morgan fingerprint density at radius 3 is 2.70 bits per heavy atom. The van der Waals surface area contributed by atoms with Crippen LogP contribution in [0.15, 0.2) is 62.6 Å². The molecule has 0 amide bonds. The van der Waals surface area contributed by atoms with Crippen LogP contribution in [-0.2, 0) is 15.3 Å². The summed E-state index contributed by atoms with van der Waals surface area (Å²) in [5.41, 5.74) is 1.92. The minimum atomic E-state index is -1.01. The summed E-state index contributed by atoms with van der Waals surface area (Å²) in [6.45, 7) is 0. The largest absolute Gasteiger partial charge is 0.503 e. The van der Waals surface area contributed by atoms with Crippen LogP contribution in [0, 0.1) is 0 Å². The van der Waals surface area contributed by atoms with Crippen LogP contribution in [0.5, 0.6) is 0 Å². The highest BCUT2D eigenvalue weighted by Crippen LogP contribution is 2.33. The van der Waals surface area contributed by atoms with Crippen LogP contribution < -0.4 is 0 Å². The Balaban J connectivity index is 2.29. The van der Waals surface area contributed by atoms with Crippen molar-refractivity contribution in [2.75, 3.05) is 7.11 Å². The molecule has 3 nitrogen and oxygen atoms in total. The van der Waals surface area contributed by atoms with Gasteiger partial charge in [0.2, 0.25) is 0 Å².